The minimum atomic E-state index is -3.73. The van der Waals surface area contributed by atoms with Crippen LogP contribution >= 0.6 is 11.6 Å². The summed E-state index contributed by atoms with van der Waals surface area (Å²) in [4.78, 5) is 13.3. The summed E-state index contributed by atoms with van der Waals surface area (Å²) < 4.78 is 24.3. The fourth-order valence-electron chi connectivity index (χ4n) is 2.04. The molecule has 0 radical (unpaired) electrons. The van der Waals surface area contributed by atoms with Crippen LogP contribution in [0.5, 0.6) is 0 Å². The van der Waals surface area contributed by atoms with Crippen LogP contribution in [-0.4, -0.2) is 37.6 Å². The van der Waals surface area contributed by atoms with Gasteiger partial charge in [0.25, 0.3) is 10.0 Å². The monoisotopic (exact) mass is 318 g/mol. The highest BCUT2D eigenvalue weighted by Crippen LogP contribution is 2.21. The van der Waals surface area contributed by atoms with Gasteiger partial charge in [-0.05, 0) is 31.0 Å². The maximum absolute atomic E-state index is 12.2. The van der Waals surface area contributed by atoms with Crippen molar-refractivity contribution in [3.05, 3.63) is 28.8 Å². The molecule has 0 amide bonds. The van der Waals surface area contributed by atoms with Crippen LogP contribution in [0.4, 0.5) is 0 Å². The van der Waals surface area contributed by atoms with Crippen LogP contribution in [0, 0.1) is 0 Å². The number of hydrazine groups is 1. The number of carboxylic acid groups (broad SMARTS) is 1. The van der Waals surface area contributed by atoms with E-state index in [1.165, 1.54) is 12.1 Å². The number of rotatable bonds is 4. The third kappa shape index (κ3) is 3.49. The Morgan fingerprint density at radius 2 is 1.90 bits per heavy atom. The number of halogens is 1. The SMILES string of the molecule is O=C(O)c1ccc(S(=O)(=O)NN2CCCCC2)cc1Cl. The van der Waals surface area contributed by atoms with Gasteiger partial charge in [0.1, 0.15) is 0 Å². The van der Waals surface area contributed by atoms with Crippen molar-refractivity contribution in [2.75, 3.05) is 13.1 Å². The van der Waals surface area contributed by atoms with Crippen LogP contribution in [0.3, 0.4) is 0 Å². The minimum Gasteiger partial charge on any atom is -0.478 e. The van der Waals surface area contributed by atoms with Gasteiger partial charge in [-0.2, -0.15) is 0 Å². The molecule has 0 bridgehead atoms. The molecule has 0 aliphatic carbocycles. The Labute approximate surface area is 122 Å². The molecule has 0 aromatic heterocycles. The number of nitrogens with one attached hydrogen (secondary N) is 1. The highest BCUT2D eigenvalue weighted by Gasteiger charge is 2.21. The van der Waals surface area contributed by atoms with Crippen molar-refractivity contribution < 1.29 is 18.3 Å². The number of carboxylic acids is 1. The summed E-state index contributed by atoms with van der Waals surface area (Å²) in [5.74, 6) is -1.19. The van der Waals surface area contributed by atoms with Gasteiger partial charge in [0.2, 0.25) is 0 Å². The summed E-state index contributed by atoms with van der Waals surface area (Å²) in [6.07, 6.45) is 2.99. The Balaban J connectivity index is 2.20. The van der Waals surface area contributed by atoms with Gasteiger partial charge < -0.3 is 5.11 Å². The van der Waals surface area contributed by atoms with Gasteiger partial charge >= 0.3 is 5.97 Å². The van der Waals surface area contributed by atoms with E-state index >= 15 is 0 Å². The molecular weight excluding hydrogens is 304 g/mol. The first-order valence-electron chi connectivity index (χ1n) is 6.20. The number of piperidine rings is 1. The predicted octanol–water partition coefficient (Wildman–Crippen LogP) is 1.72. The van der Waals surface area contributed by atoms with E-state index in [4.69, 9.17) is 16.7 Å². The number of benzene rings is 1. The van der Waals surface area contributed by atoms with E-state index in [9.17, 15) is 13.2 Å². The second-order valence-electron chi connectivity index (χ2n) is 4.59. The molecular formula is C12H15ClN2O4S. The van der Waals surface area contributed by atoms with Crippen molar-refractivity contribution in [1.29, 1.82) is 0 Å². The Morgan fingerprint density at radius 1 is 1.25 bits per heavy atom. The van der Waals surface area contributed by atoms with Gasteiger partial charge in [-0.15, -0.1) is 4.83 Å². The lowest BCUT2D eigenvalue weighted by Gasteiger charge is -2.26. The van der Waals surface area contributed by atoms with Crippen molar-refractivity contribution in [2.24, 2.45) is 0 Å². The first-order chi connectivity index (χ1) is 9.40. The molecule has 0 unspecified atom stereocenters. The number of hydrogen-bond acceptors (Lipinski definition) is 4. The van der Waals surface area contributed by atoms with Gasteiger partial charge in [-0.25, -0.2) is 18.2 Å². The lowest BCUT2D eigenvalue weighted by molar-refractivity contribution is 0.0697. The number of hydrogen-bond donors (Lipinski definition) is 2. The van der Waals surface area contributed by atoms with Crippen molar-refractivity contribution in [3.8, 4) is 0 Å². The number of sulfonamides is 1. The molecule has 0 atom stereocenters. The summed E-state index contributed by atoms with van der Waals surface area (Å²) in [6, 6.07) is 3.58. The van der Waals surface area contributed by atoms with Crippen LogP contribution < -0.4 is 4.83 Å². The largest absolute Gasteiger partial charge is 0.478 e. The predicted molar refractivity (Wildman–Crippen MR) is 74.2 cm³/mol. The van der Waals surface area contributed by atoms with E-state index in [1.54, 1.807) is 5.01 Å². The molecule has 110 valence electrons. The molecule has 1 saturated heterocycles. The second-order valence-corrected chi connectivity index (χ2v) is 6.66. The smallest absolute Gasteiger partial charge is 0.337 e. The zero-order valence-electron chi connectivity index (χ0n) is 10.7. The maximum Gasteiger partial charge on any atom is 0.337 e. The Kier molecular flexibility index (Phi) is 4.64. The fourth-order valence-corrected chi connectivity index (χ4v) is 3.52. The standard InChI is InChI=1S/C12H15ClN2O4S/c13-11-8-9(4-5-10(11)12(16)17)20(18,19)14-15-6-2-1-3-7-15/h4-5,8,14H,1-3,6-7H2,(H,16,17). The van der Waals surface area contributed by atoms with Gasteiger partial charge in [-0.1, -0.05) is 18.0 Å². The van der Waals surface area contributed by atoms with Crippen LogP contribution in [0.2, 0.25) is 5.02 Å². The third-order valence-electron chi connectivity index (χ3n) is 3.09. The molecule has 1 aliphatic rings. The highest BCUT2D eigenvalue weighted by atomic mass is 35.5. The fraction of sp³-hybridized carbons (Fsp3) is 0.417. The quantitative estimate of drug-likeness (QED) is 0.882. The molecule has 1 aliphatic heterocycles. The first-order valence-corrected chi connectivity index (χ1v) is 8.06. The van der Waals surface area contributed by atoms with Gasteiger partial charge in [0.15, 0.2) is 0 Å². The molecule has 1 fully saturated rings. The summed E-state index contributed by atoms with van der Waals surface area (Å²) in [6.45, 7) is 1.33. The molecule has 1 aromatic carbocycles. The van der Waals surface area contributed by atoms with E-state index < -0.39 is 16.0 Å². The summed E-state index contributed by atoms with van der Waals surface area (Å²) in [5, 5.41) is 10.4. The molecule has 1 aromatic rings. The molecule has 0 spiro atoms. The molecule has 0 saturated carbocycles. The average molecular weight is 319 g/mol. The topological polar surface area (TPSA) is 86.7 Å². The maximum atomic E-state index is 12.2. The van der Waals surface area contributed by atoms with E-state index in [0.29, 0.717) is 13.1 Å². The molecule has 6 nitrogen and oxygen atoms in total. The van der Waals surface area contributed by atoms with Gasteiger partial charge in [0.05, 0.1) is 15.5 Å². The molecule has 20 heavy (non-hydrogen) atoms. The van der Waals surface area contributed by atoms with E-state index in [-0.39, 0.29) is 15.5 Å². The Bertz CT molecular complexity index is 612. The average Bonchev–Trinajstić information content (AvgIpc) is 2.38. The van der Waals surface area contributed by atoms with Crippen molar-refractivity contribution in [1.82, 2.24) is 9.84 Å². The normalized spacial score (nSPS) is 17.1. The number of aromatic carboxylic acids is 1. The lowest BCUT2D eigenvalue weighted by Crippen LogP contribution is -2.44. The summed E-state index contributed by atoms with van der Waals surface area (Å²) in [7, 11) is -3.73. The van der Waals surface area contributed by atoms with Crippen molar-refractivity contribution in [3.63, 3.8) is 0 Å². The minimum absolute atomic E-state index is 0.0435. The van der Waals surface area contributed by atoms with Crippen LogP contribution in [0.15, 0.2) is 23.1 Å². The van der Waals surface area contributed by atoms with Crippen molar-refractivity contribution >= 4 is 27.6 Å². The lowest BCUT2D eigenvalue weighted by atomic mass is 10.2. The molecule has 8 heteroatoms. The van der Waals surface area contributed by atoms with E-state index in [2.05, 4.69) is 4.83 Å². The Morgan fingerprint density at radius 3 is 2.45 bits per heavy atom. The molecule has 1 heterocycles. The third-order valence-corrected chi connectivity index (χ3v) is 4.77. The second kappa shape index (κ2) is 6.09. The first kappa shape index (κ1) is 15.2. The molecule has 2 N–H and O–H groups in total. The van der Waals surface area contributed by atoms with Crippen molar-refractivity contribution in [2.45, 2.75) is 24.2 Å². The van der Waals surface area contributed by atoms with Gasteiger partial charge in [0, 0.05) is 13.1 Å². The van der Waals surface area contributed by atoms with Crippen LogP contribution in [-0.2, 0) is 10.0 Å². The Hall–Kier alpha value is -1.15. The van der Waals surface area contributed by atoms with E-state index in [0.717, 1.165) is 25.3 Å². The van der Waals surface area contributed by atoms with Crippen LogP contribution in [0.25, 0.3) is 0 Å². The van der Waals surface area contributed by atoms with Gasteiger partial charge in [-0.3, -0.25) is 0 Å². The highest BCUT2D eigenvalue weighted by molar-refractivity contribution is 7.89. The zero-order chi connectivity index (χ0) is 14.8. The number of nitrogens with zero attached hydrogens (tertiary/aromatic N) is 1. The number of carbonyl (C=O) groups is 1. The summed E-state index contributed by atoms with van der Waals surface area (Å²) in [5.41, 5.74) is -0.122. The summed E-state index contributed by atoms with van der Waals surface area (Å²) >= 11 is 5.79. The van der Waals surface area contributed by atoms with Crippen LogP contribution in [0.1, 0.15) is 29.6 Å². The zero-order valence-corrected chi connectivity index (χ0v) is 12.2. The molecule has 2 rings (SSSR count). The van der Waals surface area contributed by atoms with E-state index in [1.807, 2.05) is 0 Å².